The van der Waals surface area contributed by atoms with E-state index in [1.807, 2.05) is 24.3 Å². The Hall–Kier alpha value is -2.23. The standard InChI is InChI=1S/C34H45F3O/c1-3-5-6-7-26-10-14-28(15-11-26)29-16-12-27(13-17-29)22-23-34(36,37)38-31-20-21-32(33(35)24-31)30-18-8-25(4-2)9-19-30/h8-9,18-24,26-29H,3-7,10-17H2,1-2H3/b23-22+. The van der Waals surface area contributed by atoms with Gasteiger partial charge in [-0.3, -0.25) is 0 Å². The molecule has 4 rings (SSSR count). The summed E-state index contributed by atoms with van der Waals surface area (Å²) in [5.41, 5.74) is 2.25. The first-order valence-corrected chi connectivity index (χ1v) is 15.0. The van der Waals surface area contributed by atoms with Crippen molar-refractivity contribution in [1.29, 1.82) is 0 Å². The molecule has 0 spiro atoms. The van der Waals surface area contributed by atoms with Gasteiger partial charge in [0.05, 0.1) is 0 Å². The van der Waals surface area contributed by atoms with Gasteiger partial charge in [0.25, 0.3) is 0 Å². The number of rotatable bonds is 11. The number of halogens is 3. The lowest BCUT2D eigenvalue weighted by Crippen LogP contribution is -2.26. The third kappa shape index (κ3) is 8.13. The van der Waals surface area contributed by atoms with Crippen LogP contribution in [-0.2, 0) is 6.42 Å². The molecule has 208 valence electrons. The number of allylic oxidation sites excluding steroid dienone is 1. The maximum Gasteiger partial charge on any atom is 0.419 e. The first-order valence-electron chi connectivity index (χ1n) is 15.0. The number of ether oxygens (including phenoxy) is 1. The molecular weight excluding hydrogens is 481 g/mol. The van der Waals surface area contributed by atoms with E-state index in [1.165, 1.54) is 63.5 Å². The lowest BCUT2D eigenvalue weighted by Gasteiger charge is -2.37. The van der Waals surface area contributed by atoms with Crippen LogP contribution in [0.4, 0.5) is 13.2 Å². The minimum absolute atomic E-state index is 0.163. The van der Waals surface area contributed by atoms with Crippen LogP contribution in [-0.4, -0.2) is 6.11 Å². The molecule has 0 atom stereocenters. The molecule has 0 aromatic heterocycles. The van der Waals surface area contributed by atoms with Gasteiger partial charge in [0, 0.05) is 17.7 Å². The molecule has 0 N–H and O–H groups in total. The number of alkyl halides is 2. The van der Waals surface area contributed by atoms with Crippen molar-refractivity contribution in [3.63, 3.8) is 0 Å². The fraction of sp³-hybridized carbons (Fsp3) is 0.588. The Balaban J connectivity index is 1.23. The van der Waals surface area contributed by atoms with Crippen LogP contribution in [0.25, 0.3) is 11.1 Å². The molecule has 2 aromatic carbocycles. The molecule has 2 fully saturated rings. The van der Waals surface area contributed by atoms with Gasteiger partial charge in [-0.2, -0.15) is 8.78 Å². The van der Waals surface area contributed by atoms with E-state index in [0.717, 1.165) is 67.6 Å². The first-order chi connectivity index (χ1) is 18.4. The first kappa shape index (κ1) is 28.8. The Kier molecular flexibility index (Phi) is 10.4. The molecule has 2 aromatic rings. The molecule has 0 unspecified atom stereocenters. The predicted molar refractivity (Wildman–Crippen MR) is 151 cm³/mol. The number of hydrogen-bond donors (Lipinski definition) is 0. The topological polar surface area (TPSA) is 9.23 Å². The third-order valence-electron chi connectivity index (χ3n) is 9.02. The summed E-state index contributed by atoms with van der Waals surface area (Å²) < 4.78 is 48.8. The zero-order valence-electron chi connectivity index (χ0n) is 23.2. The maximum absolute atomic E-state index is 14.7. The van der Waals surface area contributed by atoms with Gasteiger partial charge in [-0.1, -0.05) is 82.7 Å². The van der Waals surface area contributed by atoms with E-state index >= 15 is 0 Å². The van der Waals surface area contributed by atoms with E-state index in [9.17, 15) is 13.2 Å². The number of benzene rings is 2. The Morgan fingerprint density at radius 2 is 1.50 bits per heavy atom. The normalized spacial score (nSPS) is 24.6. The molecule has 0 heterocycles. The molecule has 0 aliphatic heterocycles. The van der Waals surface area contributed by atoms with Crippen molar-refractivity contribution >= 4 is 0 Å². The highest BCUT2D eigenvalue weighted by Crippen LogP contribution is 2.43. The van der Waals surface area contributed by atoms with Crippen LogP contribution in [0.2, 0.25) is 0 Å². The molecule has 2 aliphatic carbocycles. The third-order valence-corrected chi connectivity index (χ3v) is 9.02. The van der Waals surface area contributed by atoms with Crippen LogP contribution in [0.1, 0.15) is 96.5 Å². The van der Waals surface area contributed by atoms with E-state index in [1.54, 1.807) is 6.08 Å². The van der Waals surface area contributed by atoms with Crippen molar-refractivity contribution in [2.45, 2.75) is 103 Å². The van der Waals surface area contributed by atoms with Crippen LogP contribution in [0.15, 0.2) is 54.6 Å². The van der Waals surface area contributed by atoms with Gasteiger partial charge >= 0.3 is 6.11 Å². The Bertz CT molecular complexity index is 1010. The molecule has 4 heteroatoms. The van der Waals surface area contributed by atoms with Crippen molar-refractivity contribution in [3.8, 4) is 16.9 Å². The number of unbranched alkanes of at least 4 members (excludes halogenated alkanes) is 2. The summed E-state index contributed by atoms with van der Waals surface area (Å²) in [5, 5.41) is 0. The minimum Gasteiger partial charge on any atom is -0.429 e. The fourth-order valence-electron chi connectivity index (χ4n) is 6.59. The second-order valence-electron chi connectivity index (χ2n) is 11.7. The maximum atomic E-state index is 14.7. The van der Waals surface area contributed by atoms with Gasteiger partial charge in [-0.15, -0.1) is 0 Å². The lowest BCUT2D eigenvalue weighted by atomic mass is 9.68. The van der Waals surface area contributed by atoms with Crippen molar-refractivity contribution in [2.75, 3.05) is 0 Å². The molecule has 0 amide bonds. The highest BCUT2D eigenvalue weighted by atomic mass is 19.3. The summed E-state index contributed by atoms with van der Waals surface area (Å²) in [6.07, 6.45) is 15.0. The van der Waals surface area contributed by atoms with Crippen molar-refractivity contribution in [3.05, 3.63) is 66.0 Å². The molecule has 0 radical (unpaired) electrons. The van der Waals surface area contributed by atoms with E-state index in [2.05, 4.69) is 13.8 Å². The highest BCUT2D eigenvalue weighted by Gasteiger charge is 2.32. The van der Waals surface area contributed by atoms with Gasteiger partial charge in [-0.05, 0) is 91.9 Å². The molecule has 2 saturated carbocycles. The average molecular weight is 527 g/mol. The molecule has 1 nitrogen and oxygen atoms in total. The van der Waals surface area contributed by atoms with Crippen LogP contribution < -0.4 is 4.74 Å². The summed E-state index contributed by atoms with van der Waals surface area (Å²) in [4.78, 5) is 0. The highest BCUT2D eigenvalue weighted by molar-refractivity contribution is 5.65. The largest absolute Gasteiger partial charge is 0.429 e. The van der Waals surface area contributed by atoms with Crippen LogP contribution >= 0.6 is 0 Å². The molecule has 0 bridgehead atoms. The summed E-state index contributed by atoms with van der Waals surface area (Å²) in [6, 6.07) is 11.6. The van der Waals surface area contributed by atoms with Crippen LogP contribution in [0, 0.1) is 29.5 Å². The number of hydrogen-bond acceptors (Lipinski definition) is 1. The van der Waals surface area contributed by atoms with Crippen LogP contribution in [0.5, 0.6) is 5.75 Å². The molecule has 0 saturated heterocycles. The monoisotopic (exact) mass is 526 g/mol. The van der Waals surface area contributed by atoms with E-state index in [0.29, 0.717) is 11.1 Å². The zero-order valence-corrected chi connectivity index (χ0v) is 23.2. The second-order valence-corrected chi connectivity index (χ2v) is 11.7. The molecule has 2 aliphatic rings. The molecule has 38 heavy (non-hydrogen) atoms. The van der Waals surface area contributed by atoms with Crippen molar-refractivity contribution in [1.82, 2.24) is 0 Å². The number of aryl methyl sites for hydroxylation is 1. The van der Waals surface area contributed by atoms with Crippen LogP contribution in [0.3, 0.4) is 0 Å². The van der Waals surface area contributed by atoms with Gasteiger partial charge < -0.3 is 4.74 Å². The van der Waals surface area contributed by atoms with Gasteiger partial charge in [0.15, 0.2) is 0 Å². The quantitative estimate of drug-likeness (QED) is 0.209. The van der Waals surface area contributed by atoms with Crippen molar-refractivity contribution < 1.29 is 17.9 Å². The average Bonchev–Trinajstić information content (AvgIpc) is 2.93. The van der Waals surface area contributed by atoms with Gasteiger partial charge in [0.1, 0.15) is 11.6 Å². The lowest BCUT2D eigenvalue weighted by molar-refractivity contribution is -0.132. The Labute approximate surface area is 227 Å². The predicted octanol–water partition coefficient (Wildman–Crippen LogP) is 10.8. The van der Waals surface area contributed by atoms with E-state index in [4.69, 9.17) is 4.74 Å². The second kappa shape index (κ2) is 13.7. The Morgan fingerprint density at radius 3 is 2.11 bits per heavy atom. The summed E-state index contributed by atoms with van der Waals surface area (Å²) in [7, 11) is 0. The van der Waals surface area contributed by atoms with Crippen molar-refractivity contribution in [2.24, 2.45) is 23.7 Å². The summed E-state index contributed by atoms with van der Waals surface area (Å²) in [5.74, 6) is 1.94. The Morgan fingerprint density at radius 1 is 0.842 bits per heavy atom. The molecular formula is C34H45F3O. The van der Waals surface area contributed by atoms with Gasteiger partial charge in [0.2, 0.25) is 0 Å². The summed E-state index contributed by atoms with van der Waals surface area (Å²) >= 11 is 0. The summed E-state index contributed by atoms with van der Waals surface area (Å²) in [6.45, 7) is 4.33. The minimum atomic E-state index is -3.47. The van der Waals surface area contributed by atoms with E-state index < -0.39 is 11.9 Å². The SMILES string of the molecule is CCCCCC1CCC(C2CCC(/C=C/C(F)(F)Oc3ccc(-c4ccc(CC)cc4)c(F)c3)CC2)CC1. The zero-order chi connectivity index (χ0) is 27.0. The van der Waals surface area contributed by atoms with Gasteiger partial charge in [-0.25, -0.2) is 4.39 Å². The fourth-order valence-corrected chi connectivity index (χ4v) is 6.59. The van der Waals surface area contributed by atoms with E-state index in [-0.39, 0.29) is 11.7 Å². The smallest absolute Gasteiger partial charge is 0.419 e.